The zero-order valence-electron chi connectivity index (χ0n) is 17.8. The van der Waals surface area contributed by atoms with Gasteiger partial charge in [-0.05, 0) is 66.8 Å². The fraction of sp³-hybridized carbons (Fsp3) is 0.167. The molecular formula is C24H18Cl2N4O2S2. The summed E-state index contributed by atoms with van der Waals surface area (Å²) < 4.78 is 1.57. The second kappa shape index (κ2) is 9.92. The standard InChI is InChI=1S/C24H18Cl2N4O2S2/c25-15-6-4-14(5-7-15)12-27-29-20(31)13-33-24-28-22-21(18-2-1-3-19(18)34-22)23(32)30(24)17-10-8-16(26)9-11-17/h4-12H,1-3,13H2,(H,29,31). The highest BCUT2D eigenvalue weighted by Crippen LogP contribution is 2.36. The Hall–Kier alpha value is -2.65. The molecule has 0 bridgehead atoms. The average molecular weight is 529 g/mol. The van der Waals surface area contributed by atoms with E-state index in [9.17, 15) is 9.59 Å². The molecular weight excluding hydrogens is 511 g/mol. The number of amides is 1. The number of nitrogens with one attached hydrogen (secondary N) is 1. The lowest BCUT2D eigenvalue weighted by Crippen LogP contribution is -2.24. The molecule has 34 heavy (non-hydrogen) atoms. The molecule has 2 heterocycles. The molecule has 0 spiro atoms. The first kappa shape index (κ1) is 23.1. The van der Waals surface area contributed by atoms with Gasteiger partial charge in [-0.2, -0.15) is 5.10 Å². The molecule has 0 atom stereocenters. The van der Waals surface area contributed by atoms with Gasteiger partial charge in [0.2, 0.25) is 0 Å². The van der Waals surface area contributed by atoms with Crippen LogP contribution < -0.4 is 11.0 Å². The van der Waals surface area contributed by atoms with Crippen molar-refractivity contribution in [1.29, 1.82) is 0 Å². The van der Waals surface area contributed by atoms with Crippen LogP contribution in [0.5, 0.6) is 0 Å². The van der Waals surface area contributed by atoms with Crippen LogP contribution in [0.3, 0.4) is 0 Å². The molecule has 5 rings (SSSR count). The van der Waals surface area contributed by atoms with Crippen molar-refractivity contribution in [3.63, 3.8) is 0 Å². The number of carbonyl (C=O) groups is 1. The van der Waals surface area contributed by atoms with E-state index in [1.807, 2.05) is 0 Å². The lowest BCUT2D eigenvalue weighted by Gasteiger charge is -2.12. The van der Waals surface area contributed by atoms with Crippen LogP contribution in [-0.4, -0.2) is 27.4 Å². The Balaban J connectivity index is 1.41. The van der Waals surface area contributed by atoms with Crippen LogP contribution in [0.4, 0.5) is 0 Å². The van der Waals surface area contributed by atoms with Gasteiger partial charge in [0.25, 0.3) is 11.5 Å². The van der Waals surface area contributed by atoms with Crippen LogP contribution in [0.25, 0.3) is 15.9 Å². The molecule has 172 valence electrons. The predicted octanol–water partition coefficient (Wildman–Crippen LogP) is 5.49. The third-order valence-corrected chi connectivity index (χ3v) is 8.03. The fourth-order valence-corrected chi connectivity index (χ4v) is 6.19. The number of fused-ring (bicyclic) bond motifs is 3. The van der Waals surface area contributed by atoms with Gasteiger partial charge in [0.15, 0.2) is 5.16 Å². The Morgan fingerprint density at radius 2 is 1.82 bits per heavy atom. The van der Waals surface area contributed by atoms with Gasteiger partial charge < -0.3 is 0 Å². The number of thiophene rings is 1. The minimum atomic E-state index is -0.305. The number of benzene rings is 2. The Morgan fingerprint density at radius 1 is 1.12 bits per heavy atom. The molecule has 4 aromatic rings. The highest BCUT2D eigenvalue weighted by Gasteiger charge is 2.24. The molecule has 1 N–H and O–H groups in total. The lowest BCUT2D eigenvalue weighted by atomic mass is 10.2. The molecule has 1 aliphatic rings. The molecule has 0 radical (unpaired) electrons. The Morgan fingerprint density at radius 3 is 2.56 bits per heavy atom. The van der Waals surface area contributed by atoms with Crippen molar-refractivity contribution in [1.82, 2.24) is 15.0 Å². The molecule has 1 aliphatic carbocycles. The first-order valence-electron chi connectivity index (χ1n) is 10.5. The van der Waals surface area contributed by atoms with E-state index >= 15 is 0 Å². The van der Waals surface area contributed by atoms with Crippen molar-refractivity contribution < 1.29 is 4.79 Å². The Bertz CT molecular complexity index is 1460. The van der Waals surface area contributed by atoms with Gasteiger partial charge in [-0.3, -0.25) is 14.2 Å². The van der Waals surface area contributed by atoms with Gasteiger partial charge in [-0.1, -0.05) is 47.1 Å². The molecule has 0 unspecified atom stereocenters. The van der Waals surface area contributed by atoms with Crippen LogP contribution in [0, 0.1) is 0 Å². The molecule has 0 aliphatic heterocycles. The van der Waals surface area contributed by atoms with Crippen molar-refractivity contribution in [3.8, 4) is 5.69 Å². The van der Waals surface area contributed by atoms with Crippen molar-refractivity contribution in [2.24, 2.45) is 5.10 Å². The maximum atomic E-state index is 13.6. The number of halogens is 2. The third kappa shape index (κ3) is 4.77. The second-order valence-corrected chi connectivity index (χ2v) is 10.6. The zero-order chi connectivity index (χ0) is 23.7. The minimum absolute atomic E-state index is 0.0502. The number of hydrogen-bond acceptors (Lipinski definition) is 6. The molecule has 6 nitrogen and oxygen atoms in total. The van der Waals surface area contributed by atoms with Gasteiger partial charge in [0.1, 0.15) is 4.83 Å². The van der Waals surface area contributed by atoms with E-state index in [-0.39, 0.29) is 17.2 Å². The summed E-state index contributed by atoms with van der Waals surface area (Å²) >= 11 is 14.7. The molecule has 0 fully saturated rings. The largest absolute Gasteiger partial charge is 0.272 e. The first-order chi connectivity index (χ1) is 16.5. The van der Waals surface area contributed by atoms with E-state index in [0.29, 0.717) is 26.3 Å². The summed E-state index contributed by atoms with van der Waals surface area (Å²) in [5, 5.41) is 6.34. The fourth-order valence-electron chi connectivity index (χ4n) is 3.83. The molecule has 0 saturated heterocycles. The topological polar surface area (TPSA) is 76.3 Å². The van der Waals surface area contributed by atoms with E-state index in [2.05, 4.69) is 10.5 Å². The van der Waals surface area contributed by atoms with Crippen molar-refractivity contribution in [3.05, 3.63) is 84.9 Å². The number of hydrazone groups is 1. The first-order valence-corrected chi connectivity index (χ1v) is 13.1. The quantitative estimate of drug-likeness (QED) is 0.155. The highest BCUT2D eigenvalue weighted by atomic mass is 35.5. The van der Waals surface area contributed by atoms with Gasteiger partial charge in [-0.25, -0.2) is 10.4 Å². The number of thioether (sulfide) groups is 1. The number of hydrogen-bond donors (Lipinski definition) is 1. The number of rotatable bonds is 6. The minimum Gasteiger partial charge on any atom is -0.272 e. The van der Waals surface area contributed by atoms with Crippen LogP contribution in [0.15, 0.2) is 63.6 Å². The van der Waals surface area contributed by atoms with E-state index in [4.69, 9.17) is 28.2 Å². The van der Waals surface area contributed by atoms with E-state index in [1.165, 1.54) is 16.6 Å². The molecule has 0 saturated carbocycles. The number of aromatic nitrogens is 2. The summed E-state index contributed by atoms with van der Waals surface area (Å²) in [4.78, 5) is 32.8. The summed E-state index contributed by atoms with van der Waals surface area (Å²) in [6, 6.07) is 14.1. The zero-order valence-corrected chi connectivity index (χ0v) is 20.9. The van der Waals surface area contributed by atoms with E-state index in [1.54, 1.807) is 70.6 Å². The summed E-state index contributed by atoms with van der Waals surface area (Å²) in [7, 11) is 0. The normalized spacial score (nSPS) is 13.0. The summed E-state index contributed by atoms with van der Waals surface area (Å²) in [5.41, 5.74) is 4.98. The van der Waals surface area contributed by atoms with Crippen LogP contribution in [0.1, 0.15) is 22.4 Å². The van der Waals surface area contributed by atoms with E-state index in [0.717, 1.165) is 35.2 Å². The number of nitrogens with zero attached hydrogens (tertiary/aromatic N) is 3. The summed E-state index contributed by atoms with van der Waals surface area (Å²) in [6.07, 6.45) is 4.48. The van der Waals surface area contributed by atoms with Gasteiger partial charge in [0, 0.05) is 14.9 Å². The number of carbonyl (C=O) groups excluding carboxylic acids is 1. The van der Waals surface area contributed by atoms with Crippen LogP contribution in [-0.2, 0) is 17.6 Å². The smallest absolute Gasteiger partial charge is 0.267 e. The van der Waals surface area contributed by atoms with Crippen LogP contribution >= 0.6 is 46.3 Å². The SMILES string of the molecule is O=C(CSc1nc2sc3c(c2c(=O)n1-c1ccc(Cl)cc1)CCC3)NN=Cc1ccc(Cl)cc1. The molecule has 1 amide bonds. The average Bonchev–Trinajstić information content (AvgIpc) is 3.41. The van der Waals surface area contributed by atoms with Crippen molar-refractivity contribution in [2.45, 2.75) is 24.4 Å². The van der Waals surface area contributed by atoms with Crippen molar-refractivity contribution >= 4 is 68.6 Å². The van der Waals surface area contributed by atoms with Gasteiger partial charge in [-0.15, -0.1) is 11.3 Å². The molecule has 10 heteroatoms. The monoisotopic (exact) mass is 528 g/mol. The lowest BCUT2D eigenvalue weighted by molar-refractivity contribution is -0.118. The Labute approximate surface area is 213 Å². The predicted molar refractivity (Wildman–Crippen MR) is 140 cm³/mol. The highest BCUT2D eigenvalue weighted by molar-refractivity contribution is 7.99. The maximum Gasteiger partial charge on any atom is 0.267 e. The maximum absolute atomic E-state index is 13.6. The van der Waals surface area contributed by atoms with Gasteiger partial charge >= 0.3 is 0 Å². The van der Waals surface area contributed by atoms with Gasteiger partial charge in [0.05, 0.1) is 23.0 Å². The molecule has 2 aromatic heterocycles. The second-order valence-electron chi connectivity index (χ2n) is 7.68. The summed E-state index contributed by atoms with van der Waals surface area (Å²) in [6.45, 7) is 0. The van der Waals surface area contributed by atoms with Crippen molar-refractivity contribution in [2.75, 3.05) is 5.75 Å². The van der Waals surface area contributed by atoms with Crippen LogP contribution in [0.2, 0.25) is 10.0 Å². The number of aryl methyl sites for hydroxylation is 2. The third-order valence-electron chi connectivity index (χ3n) is 5.40. The summed E-state index contributed by atoms with van der Waals surface area (Å²) in [5.74, 6) is -0.255. The Kier molecular flexibility index (Phi) is 6.74. The van der Waals surface area contributed by atoms with E-state index < -0.39 is 0 Å². The molecule has 2 aromatic carbocycles.